The van der Waals surface area contributed by atoms with Gasteiger partial charge in [-0.05, 0) is 0 Å². The van der Waals surface area contributed by atoms with Gasteiger partial charge in [-0.1, -0.05) is 0 Å². The van der Waals surface area contributed by atoms with E-state index in [9.17, 15) is 22.8 Å². The van der Waals surface area contributed by atoms with E-state index in [0.717, 1.165) is 26.3 Å². The van der Waals surface area contributed by atoms with Gasteiger partial charge in [0.25, 0.3) is 10.1 Å². The van der Waals surface area contributed by atoms with E-state index in [1.807, 2.05) is 0 Å². The zero-order chi connectivity index (χ0) is 21.8. The van der Waals surface area contributed by atoms with Crippen molar-refractivity contribution >= 4 is 27.9 Å². The summed E-state index contributed by atoms with van der Waals surface area (Å²) < 4.78 is 43.9. The lowest BCUT2D eigenvalue weighted by Crippen LogP contribution is -2.43. The van der Waals surface area contributed by atoms with Gasteiger partial charge < -0.3 is 24.5 Å². The standard InChI is InChI=1S/C15H18N4O9S/c1-7(20)25-6-10-11(28-29(3,23)24)12(26-8(2)21)14(27-10)18-13-9(4-16)5-17-15(22)19-13/h5,10-12,14H,6H2,1-3H3,(H2,17,18,19,22)/t10-,11+,12-,14-/m1/s1. The summed E-state index contributed by atoms with van der Waals surface area (Å²) in [4.78, 5) is 40.0. The average Bonchev–Trinajstić information content (AvgIpc) is 2.88. The van der Waals surface area contributed by atoms with Crippen molar-refractivity contribution in [1.82, 2.24) is 9.97 Å². The Balaban J connectivity index is 2.39. The van der Waals surface area contributed by atoms with Crippen LogP contribution in [0.2, 0.25) is 0 Å². The number of hydrogen-bond acceptors (Lipinski definition) is 12. The number of nitrogens with one attached hydrogen (secondary N) is 2. The summed E-state index contributed by atoms with van der Waals surface area (Å²) in [6.45, 7) is 1.82. The number of anilines is 1. The maximum atomic E-state index is 11.7. The predicted molar refractivity (Wildman–Crippen MR) is 93.8 cm³/mol. The summed E-state index contributed by atoms with van der Waals surface area (Å²) in [7, 11) is -4.03. The van der Waals surface area contributed by atoms with Crippen LogP contribution in [0.3, 0.4) is 0 Å². The Kier molecular flexibility index (Phi) is 6.90. The number of H-pyrrole nitrogens is 1. The van der Waals surface area contributed by atoms with Crippen LogP contribution >= 0.6 is 0 Å². The molecule has 2 rings (SSSR count). The molecule has 1 fully saturated rings. The van der Waals surface area contributed by atoms with Crippen LogP contribution in [0.5, 0.6) is 0 Å². The molecule has 1 aromatic heterocycles. The number of nitriles is 1. The highest BCUT2D eigenvalue weighted by Crippen LogP contribution is 2.29. The highest BCUT2D eigenvalue weighted by molar-refractivity contribution is 7.86. The van der Waals surface area contributed by atoms with Crippen molar-refractivity contribution in [3.63, 3.8) is 0 Å². The van der Waals surface area contributed by atoms with Crippen LogP contribution in [-0.2, 0) is 38.1 Å². The molecule has 158 valence electrons. The molecule has 1 aliphatic rings. The third kappa shape index (κ3) is 6.24. The van der Waals surface area contributed by atoms with Gasteiger partial charge in [-0.15, -0.1) is 0 Å². The number of hydrogen-bond donors (Lipinski definition) is 2. The summed E-state index contributed by atoms with van der Waals surface area (Å²) in [5.74, 6) is -1.63. The molecule has 4 atom stereocenters. The highest BCUT2D eigenvalue weighted by Gasteiger charge is 2.50. The van der Waals surface area contributed by atoms with Gasteiger partial charge in [-0.3, -0.25) is 13.8 Å². The first-order chi connectivity index (χ1) is 13.5. The van der Waals surface area contributed by atoms with E-state index in [2.05, 4.69) is 15.3 Å². The van der Waals surface area contributed by atoms with E-state index < -0.39 is 58.9 Å². The second-order valence-corrected chi connectivity index (χ2v) is 7.56. The topological polar surface area (TPSA) is 187 Å². The Bertz CT molecular complexity index is 984. The highest BCUT2D eigenvalue weighted by atomic mass is 32.2. The Morgan fingerprint density at radius 2 is 2.03 bits per heavy atom. The van der Waals surface area contributed by atoms with Crippen molar-refractivity contribution in [3.05, 3.63) is 22.2 Å². The first kappa shape index (κ1) is 22.3. The average molecular weight is 430 g/mol. The van der Waals surface area contributed by atoms with E-state index in [-0.39, 0.29) is 11.4 Å². The molecule has 0 unspecified atom stereocenters. The zero-order valence-electron chi connectivity index (χ0n) is 15.6. The molecule has 2 heterocycles. The van der Waals surface area contributed by atoms with Crippen LogP contribution in [-0.4, -0.2) is 67.7 Å². The monoisotopic (exact) mass is 430 g/mol. The smallest absolute Gasteiger partial charge is 0.346 e. The van der Waals surface area contributed by atoms with Crippen molar-refractivity contribution in [2.24, 2.45) is 0 Å². The number of ether oxygens (including phenoxy) is 3. The fourth-order valence-corrected chi connectivity index (χ4v) is 3.18. The SMILES string of the molecule is CC(=O)OC[C@H]1O[C@@H](Nc2nc(=O)[nH]cc2C#N)[C@H](OC(C)=O)[C@H]1OS(C)(=O)=O. The summed E-state index contributed by atoms with van der Waals surface area (Å²) in [6, 6.07) is 1.80. The molecule has 0 amide bonds. The van der Waals surface area contributed by atoms with Crippen molar-refractivity contribution < 1.29 is 36.4 Å². The minimum absolute atomic E-state index is 0.0567. The number of carbonyl (C=O) groups excluding carboxylic acids is 2. The van der Waals surface area contributed by atoms with Gasteiger partial charge in [0.15, 0.2) is 18.1 Å². The van der Waals surface area contributed by atoms with Crippen LogP contribution in [0.25, 0.3) is 0 Å². The quantitative estimate of drug-likeness (QED) is 0.382. The molecule has 14 heteroatoms. The van der Waals surface area contributed by atoms with Crippen molar-refractivity contribution in [2.75, 3.05) is 18.2 Å². The summed E-state index contributed by atoms with van der Waals surface area (Å²) >= 11 is 0. The predicted octanol–water partition coefficient (Wildman–Crippen LogP) is -1.38. The molecular weight excluding hydrogens is 412 g/mol. The number of rotatable bonds is 7. The largest absolute Gasteiger partial charge is 0.463 e. The van der Waals surface area contributed by atoms with Crippen LogP contribution < -0.4 is 11.0 Å². The van der Waals surface area contributed by atoms with E-state index >= 15 is 0 Å². The lowest BCUT2D eigenvalue weighted by Gasteiger charge is -2.23. The molecule has 29 heavy (non-hydrogen) atoms. The Hall–Kier alpha value is -3.02. The first-order valence-corrected chi connectivity index (χ1v) is 9.92. The van der Waals surface area contributed by atoms with E-state index in [4.69, 9.17) is 23.7 Å². The zero-order valence-corrected chi connectivity index (χ0v) is 16.4. The molecule has 1 aliphatic heterocycles. The number of aromatic nitrogens is 2. The molecule has 0 spiro atoms. The van der Waals surface area contributed by atoms with E-state index in [1.54, 1.807) is 6.07 Å². The molecular formula is C15H18N4O9S. The van der Waals surface area contributed by atoms with Crippen molar-refractivity contribution in [1.29, 1.82) is 5.26 Å². The lowest BCUT2D eigenvalue weighted by atomic mass is 10.1. The summed E-state index contributed by atoms with van der Waals surface area (Å²) in [5, 5.41) is 11.8. The Morgan fingerprint density at radius 3 is 2.59 bits per heavy atom. The fourth-order valence-electron chi connectivity index (χ4n) is 2.54. The number of nitrogens with zero attached hydrogens (tertiary/aromatic N) is 2. The van der Waals surface area contributed by atoms with E-state index in [0.29, 0.717) is 0 Å². The molecule has 1 saturated heterocycles. The third-order valence-electron chi connectivity index (χ3n) is 3.56. The molecule has 0 aliphatic carbocycles. The Labute approximate surface area is 165 Å². The molecule has 2 N–H and O–H groups in total. The molecule has 0 aromatic carbocycles. The number of carbonyl (C=O) groups is 2. The maximum Gasteiger partial charge on any atom is 0.346 e. The molecule has 1 aromatic rings. The van der Waals surface area contributed by atoms with Crippen LogP contribution in [0, 0.1) is 11.3 Å². The van der Waals surface area contributed by atoms with Gasteiger partial charge in [0, 0.05) is 20.0 Å². The minimum Gasteiger partial charge on any atom is -0.463 e. The first-order valence-electron chi connectivity index (χ1n) is 8.11. The fraction of sp³-hybridized carbons (Fsp3) is 0.533. The van der Waals surface area contributed by atoms with Gasteiger partial charge in [0.2, 0.25) is 0 Å². The number of aromatic amines is 1. The van der Waals surface area contributed by atoms with Crippen LogP contribution in [0.1, 0.15) is 19.4 Å². The second-order valence-electron chi connectivity index (χ2n) is 5.96. The Morgan fingerprint density at radius 1 is 1.34 bits per heavy atom. The van der Waals surface area contributed by atoms with Gasteiger partial charge in [0.05, 0.1) is 6.26 Å². The summed E-state index contributed by atoms with van der Waals surface area (Å²) in [5.41, 5.74) is -0.826. The van der Waals surface area contributed by atoms with Crippen molar-refractivity contribution in [2.45, 2.75) is 38.4 Å². The van der Waals surface area contributed by atoms with Crippen LogP contribution in [0.4, 0.5) is 5.82 Å². The van der Waals surface area contributed by atoms with Gasteiger partial charge in [-0.2, -0.15) is 18.7 Å². The van der Waals surface area contributed by atoms with Gasteiger partial charge in [-0.25, -0.2) is 4.79 Å². The molecule has 0 bridgehead atoms. The lowest BCUT2D eigenvalue weighted by molar-refractivity contribution is -0.151. The molecule has 0 saturated carbocycles. The maximum absolute atomic E-state index is 11.7. The minimum atomic E-state index is -4.03. The van der Waals surface area contributed by atoms with Crippen molar-refractivity contribution in [3.8, 4) is 6.07 Å². The van der Waals surface area contributed by atoms with E-state index in [1.165, 1.54) is 0 Å². The molecule has 13 nitrogen and oxygen atoms in total. The van der Waals surface area contributed by atoms with Gasteiger partial charge >= 0.3 is 17.6 Å². The number of esters is 2. The normalized spacial score (nSPS) is 23.8. The second kappa shape index (κ2) is 8.99. The summed E-state index contributed by atoms with van der Waals surface area (Å²) in [6.07, 6.45) is -3.24. The van der Waals surface area contributed by atoms with Gasteiger partial charge in [0.1, 0.15) is 30.4 Å². The third-order valence-corrected chi connectivity index (χ3v) is 4.13. The molecule has 0 radical (unpaired) electrons. The van der Waals surface area contributed by atoms with Crippen LogP contribution in [0.15, 0.2) is 11.0 Å².